The quantitative estimate of drug-likeness (QED) is 0.497. The summed E-state index contributed by atoms with van der Waals surface area (Å²) in [5, 5.41) is 4.81. The molecule has 1 rings (SSSR count). The molecule has 0 amide bonds. The lowest BCUT2D eigenvalue weighted by Gasteiger charge is -2.12. The maximum absolute atomic E-state index is 11.7. The third-order valence-corrected chi connectivity index (χ3v) is 1.22. The van der Waals surface area contributed by atoms with Crippen LogP contribution in [0.3, 0.4) is 0 Å². The van der Waals surface area contributed by atoms with Gasteiger partial charge in [0.2, 0.25) is 0 Å². The first kappa shape index (κ1) is 6.82. The molecule has 0 aromatic heterocycles. The summed E-state index contributed by atoms with van der Waals surface area (Å²) in [6.45, 7) is 0.244. The van der Waals surface area contributed by atoms with Gasteiger partial charge in [0.25, 0.3) is 0 Å². The highest BCUT2D eigenvalue weighted by molar-refractivity contribution is 4.81. The number of hydrogen-bond acceptors (Lipinski definition) is 2. The van der Waals surface area contributed by atoms with Crippen LogP contribution in [0.15, 0.2) is 0 Å². The lowest BCUT2D eigenvalue weighted by atomic mass is 10.3. The molecule has 1 aliphatic rings. The van der Waals surface area contributed by atoms with Gasteiger partial charge in [-0.25, -0.2) is 0 Å². The molecule has 5 heteroatoms. The minimum Gasteiger partial charge on any atom is -0.303 e. The van der Waals surface area contributed by atoms with E-state index in [0.717, 1.165) is 0 Å². The summed E-state index contributed by atoms with van der Waals surface area (Å²) in [6, 6.07) is -1.35. The molecular formula is C4H7F3N2. The highest BCUT2D eigenvalue weighted by atomic mass is 19.4. The van der Waals surface area contributed by atoms with Crippen LogP contribution >= 0.6 is 0 Å². The van der Waals surface area contributed by atoms with Gasteiger partial charge in [-0.2, -0.15) is 13.2 Å². The Bertz CT molecular complexity index is 94.5. The first-order valence-corrected chi connectivity index (χ1v) is 2.61. The molecule has 0 radical (unpaired) electrons. The molecule has 54 valence electrons. The third-order valence-electron chi connectivity index (χ3n) is 1.22. The zero-order valence-electron chi connectivity index (χ0n) is 4.63. The Morgan fingerprint density at radius 1 is 1.33 bits per heavy atom. The van der Waals surface area contributed by atoms with Crippen molar-refractivity contribution in [2.24, 2.45) is 0 Å². The Hall–Kier alpha value is -0.290. The molecule has 9 heavy (non-hydrogen) atoms. The normalized spacial score (nSPS) is 29.0. The zero-order valence-corrected chi connectivity index (χ0v) is 4.63. The average Bonchev–Trinajstić information content (AvgIpc) is 2.08. The molecular weight excluding hydrogens is 133 g/mol. The summed E-state index contributed by atoms with van der Waals surface area (Å²) in [4.78, 5) is 0. The Balaban J connectivity index is 2.42. The highest BCUT2D eigenvalue weighted by Gasteiger charge is 2.40. The molecule has 1 fully saturated rings. The molecule has 2 N–H and O–H groups in total. The molecule has 0 aromatic rings. The molecule has 1 heterocycles. The minimum atomic E-state index is -4.09. The predicted molar refractivity (Wildman–Crippen MR) is 25.8 cm³/mol. The van der Waals surface area contributed by atoms with Gasteiger partial charge in [-0.05, 0) is 0 Å². The smallest absolute Gasteiger partial charge is 0.303 e. The maximum atomic E-state index is 11.7. The topological polar surface area (TPSA) is 24.1 Å². The van der Waals surface area contributed by atoms with Gasteiger partial charge in [0, 0.05) is 13.2 Å². The number of alkyl halides is 3. The van der Waals surface area contributed by atoms with E-state index < -0.39 is 12.2 Å². The SMILES string of the molecule is FC(F)(F)C1CNCN1. The van der Waals surface area contributed by atoms with E-state index in [1.165, 1.54) is 0 Å². The first-order valence-electron chi connectivity index (χ1n) is 2.61. The molecule has 1 saturated heterocycles. The average molecular weight is 140 g/mol. The molecule has 2 nitrogen and oxygen atoms in total. The van der Waals surface area contributed by atoms with Crippen LogP contribution in [-0.4, -0.2) is 25.4 Å². The van der Waals surface area contributed by atoms with E-state index in [1.807, 2.05) is 0 Å². The van der Waals surface area contributed by atoms with Crippen molar-refractivity contribution in [1.29, 1.82) is 0 Å². The molecule has 0 bridgehead atoms. The lowest BCUT2D eigenvalue weighted by Crippen LogP contribution is -2.39. The predicted octanol–water partition coefficient (Wildman–Crippen LogP) is 0.0676. The van der Waals surface area contributed by atoms with Crippen LogP contribution in [0.25, 0.3) is 0 Å². The number of nitrogens with one attached hydrogen (secondary N) is 2. The van der Waals surface area contributed by atoms with E-state index >= 15 is 0 Å². The standard InChI is InChI=1S/C4H7F3N2/c5-4(6,7)3-1-8-2-9-3/h3,8-9H,1-2H2. The van der Waals surface area contributed by atoms with Crippen molar-refractivity contribution in [3.63, 3.8) is 0 Å². The summed E-state index contributed by atoms with van der Waals surface area (Å²) in [7, 11) is 0. The molecule has 0 spiro atoms. The van der Waals surface area contributed by atoms with E-state index in [9.17, 15) is 13.2 Å². The van der Waals surface area contributed by atoms with Crippen LogP contribution in [-0.2, 0) is 0 Å². The Morgan fingerprint density at radius 2 is 2.00 bits per heavy atom. The fourth-order valence-corrected chi connectivity index (χ4v) is 0.715. The van der Waals surface area contributed by atoms with Crippen molar-refractivity contribution in [2.75, 3.05) is 13.2 Å². The van der Waals surface area contributed by atoms with Crippen molar-refractivity contribution >= 4 is 0 Å². The molecule has 1 aliphatic heterocycles. The van der Waals surface area contributed by atoms with E-state index in [2.05, 4.69) is 10.6 Å². The minimum absolute atomic E-state index is 0.0104. The van der Waals surface area contributed by atoms with Gasteiger partial charge in [0.1, 0.15) is 6.04 Å². The number of hydrogen-bond donors (Lipinski definition) is 2. The summed E-state index contributed by atoms with van der Waals surface area (Å²) >= 11 is 0. The van der Waals surface area contributed by atoms with Crippen molar-refractivity contribution in [1.82, 2.24) is 10.6 Å². The van der Waals surface area contributed by atoms with Gasteiger partial charge in [-0.1, -0.05) is 0 Å². The van der Waals surface area contributed by atoms with Gasteiger partial charge in [0.05, 0.1) is 0 Å². The van der Waals surface area contributed by atoms with Crippen LogP contribution in [0.5, 0.6) is 0 Å². The maximum Gasteiger partial charge on any atom is 0.405 e. The van der Waals surface area contributed by atoms with Gasteiger partial charge in [-0.3, -0.25) is 5.32 Å². The van der Waals surface area contributed by atoms with Gasteiger partial charge in [0.15, 0.2) is 0 Å². The van der Waals surface area contributed by atoms with Gasteiger partial charge < -0.3 is 5.32 Å². The number of rotatable bonds is 0. The third kappa shape index (κ3) is 1.56. The molecule has 0 aromatic carbocycles. The van der Waals surface area contributed by atoms with Crippen molar-refractivity contribution in [2.45, 2.75) is 12.2 Å². The van der Waals surface area contributed by atoms with E-state index in [0.29, 0.717) is 0 Å². The Kier molecular flexibility index (Phi) is 1.63. The first-order chi connectivity index (χ1) is 4.11. The highest BCUT2D eigenvalue weighted by Crippen LogP contribution is 2.20. The van der Waals surface area contributed by atoms with E-state index in [1.54, 1.807) is 0 Å². The van der Waals surface area contributed by atoms with Crippen molar-refractivity contribution < 1.29 is 13.2 Å². The van der Waals surface area contributed by atoms with E-state index in [4.69, 9.17) is 0 Å². The summed E-state index contributed by atoms with van der Waals surface area (Å²) in [6.07, 6.45) is -4.09. The fourth-order valence-electron chi connectivity index (χ4n) is 0.715. The Morgan fingerprint density at radius 3 is 2.22 bits per heavy atom. The lowest BCUT2D eigenvalue weighted by molar-refractivity contribution is -0.149. The molecule has 0 saturated carbocycles. The van der Waals surface area contributed by atoms with Gasteiger partial charge >= 0.3 is 6.18 Å². The summed E-state index contributed by atoms with van der Waals surface area (Å²) in [5.74, 6) is 0. The number of halogens is 3. The molecule has 0 aliphatic carbocycles. The Labute approximate surface area is 50.4 Å². The van der Waals surface area contributed by atoms with Crippen molar-refractivity contribution in [3.8, 4) is 0 Å². The summed E-state index contributed by atoms with van der Waals surface area (Å²) in [5.41, 5.74) is 0. The largest absolute Gasteiger partial charge is 0.405 e. The van der Waals surface area contributed by atoms with E-state index in [-0.39, 0.29) is 13.2 Å². The fraction of sp³-hybridized carbons (Fsp3) is 1.00. The van der Waals surface area contributed by atoms with Crippen LogP contribution in [0.1, 0.15) is 0 Å². The van der Waals surface area contributed by atoms with Crippen LogP contribution in [0, 0.1) is 0 Å². The zero-order chi connectivity index (χ0) is 6.91. The monoisotopic (exact) mass is 140 g/mol. The molecule has 1 unspecified atom stereocenters. The van der Waals surface area contributed by atoms with Crippen LogP contribution in [0.4, 0.5) is 13.2 Å². The summed E-state index contributed by atoms with van der Waals surface area (Å²) < 4.78 is 35.0. The van der Waals surface area contributed by atoms with Crippen molar-refractivity contribution in [3.05, 3.63) is 0 Å². The van der Waals surface area contributed by atoms with Crippen LogP contribution in [0.2, 0.25) is 0 Å². The van der Waals surface area contributed by atoms with Gasteiger partial charge in [-0.15, -0.1) is 0 Å². The molecule has 1 atom stereocenters. The second-order valence-corrected chi connectivity index (χ2v) is 1.93. The van der Waals surface area contributed by atoms with Crippen LogP contribution < -0.4 is 10.6 Å². The second-order valence-electron chi connectivity index (χ2n) is 1.93. The second kappa shape index (κ2) is 2.15.